The lowest BCUT2D eigenvalue weighted by atomic mass is 9.93. The van der Waals surface area contributed by atoms with Gasteiger partial charge in [-0.1, -0.05) is 151 Å². The van der Waals surface area contributed by atoms with Crippen molar-refractivity contribution in [1.82, 2.24) is 16.0 Å². The van der Waals surface area contributed by atoms with Gasteiger partial charge in [0, 0.05) is 57.7 Å². The molecule has 0 atom stereocenters. The molecule has 0 aliphatic heterocycles. The Balaban J connectivity index is 0.000000248. The molecule has 9 aromatic rings. The molecule has 0 aliphatic rings. The van der Waals surface area contributed by atoms with E-state index >= 15 is 0 Å². The largest absolute Gasteiger partial charge is 0.508 e. The van der Waals surface area contributed by atoms with Gasteiger partial charge in [0.2, 0.25) is 0 Å². The van der Waals surface area contributed by atoms with Crippen molar-refractivity contribution in [3.05, 3.63) is 267 Å². The van der Waals surface area contributed by atoms with Gasteiger partial charge in [0.05, 0.1) is 73.0 Å². The quantitative estimate of drug-likeness (QED) is 0.00519. The molecule has 0 spiro atoms. The summed E-state index contributed by atoms with van der Waals surface area (Å²) in [6, 6.07) is 54.5. The molecule has 0 aliphatic carbocycles. The molecule has 0 heterocycles. The molecule has 0 saturated carbocycles. The Labute approximate surface area is 684 Å². The average molecular weight is 1620 g/mol. The molecule has 9 aromatic carbocycles. The van der Waals surface area contributed by atoms with Gasteiger partial charge in [-0.2, -0.15) is 5.26 Å². The number of phenols is 2. The number of hydrogen-bond acceptors (Lipinski definition) is 25. The highest BCUT2D eigenvalue weighted by Gasteiger charge is 2.28. The first kappa shape index (κ1) is 92.5. The number of phenolic OH excluding ortho intramolecular Hbond substituents is 2. The van der Waals surface area contributed by atoms with Gasteiger partial charge in [-0.25, -0.2) is 28.8 Å². The SMILES string of the molecule is COCCOCOC(=O)c1cc(O)ccc1-c1ccc(C(=O)NCC(C)C)cc1C(=O)OCc1ccccc1.COCCOCOC(=O)c1cc(O)ccc1-c1ccc(C(=O)NCC(C)C)cc1C(=O)OO.COCCOCOC(=O)c1cc(OCc2ccccc2)ccc1-c1ccc(C(=O)NCC(C)C)cc1C(=O)OCc1ccccc1. The van der Waals surface area contributed by atoms with Crippen LogP contribution in [0.1, 0.15) is 151 Å². The molecule has 0 fully saturated rings. The Morgan fingerprint density at radius 3 is 0.907 bits per heavy atom. The van der Waals surface area contributed by atoms with Gasteiger partial charge in [-0.3, -0.25) is 19.3 Å². The molecule has 0 radical (unpaired) electrons. The van der Waals surface area contributed by atoms with Crippen molar-refractivity contribution in [3.63, 3.8) is 0 Å². The lowest BCUT2D eigenvalue weighted by molar-refractivity contribution is -0.182. The molecule has 0 unspecified atom stereocenters. The van der Waals surface area contributed by atoms with Gasteiger partial charge < -0.3 is 83.0 Å². The highest BCUT2D eigenvalue weighted by atomic mass is 17.1. The molecule has 0 aromatic heterocycles. The Bertz CT molecular complexity index is 4790. The number of hydrogen-bond donors (Lipinski definition) is 6. The second-order valence-corrected chi connectivity index (χ2v) is 27.4. The second-order valence-electron chi connectivity index (χ2n) is 27.4. The van der Waals surface area contributed by atoms with Crippen molar-refractivity contribution in [1.29, 1.82) is 0 Å². The zero-order valence-corrected chi connectivity index (χ0v) is 67.2. The minimum atomic E-state index is -1.13. The predicted molar refractivity (Wildman–Crippen MR) is 435 cm³/mol. The maximum absolute atomic E-state index is 13.6. The first-order chi connectivity index (χ1) is 56.9. The number of ether oxygens (including phenoxy) is 12. The van der Waals surface area contributed by atoms with Crippen LogP contribution in [0.2, 0.25) is 0 Å². The van der Waals surface area contributed by atoms with Crippen molar-refractivity contribution < 1.29 is 120 Å². The molecule has 118 heavy (non-hydrogen) atoms. The normalized spacial score (nSPS) is 10.8. The van der Waals surface area contributed by atoms with E-state index in [0.29, 0.717) is 67.5 Å². The topological polar surface area (TPSA) is 370 Å². The second kappa shape index (κ2) is 49.3. The van der Waals surface area contributed by atoms with Gasteiger partial charge in [-0.05, 0) is 159 Å². The van der Waals surface area contributed by atoms with Crippen LogP contribution in [0.5, 0.6) is 17.2 Å². The summed E-state index contributed by atoms with van der Waals surface area (Å²) in [7, 11) is 4.57. The van der Waals surface area contributed by atoms with E-state index in [-0.39, 0.29) is 162 Å². The summed E-state index contributed by atoms with van der Waals surface area (Å²) in [5.41, 5.74) is 5.24. The van der Waals surface area contributed by atoms with E-state index in [1.54, 1.807) is 49.6 Å². The van der Waals surface area contributed by atoms with E-state index in [4.69, 9.17) is 62.1 Å². The molecule has 28 heteroatoms. The first-order valence-corrected chi connectivity index (χ1v) is 37.7. The van der Waals surface area contributed by atoms with Gasteiger partial charge in [0.15, 0.2) is 20.4 Å². The number of nitrogens with one attached hydrogen (secondary N) is 3. The number of benzene rings is 9. The van der Waals surface area contributed by atoms with Crippen molar-refractivity contribution in [2.45, 2.75) is 61.4 Å². The van der Waals surface area contributed by atoms with E-state index in [1.165, 1.54) is 80.9 Å². The minimum absolute atomic E-state index is 0.0134. The van der Waals surface area contributed by atoms with E-state index in [0.717, 1.165) is 16.7 Å². The summed E-state index contributed by atoms with van der Waals surface area (Å²) < 4.78 is 63.3. The number of methoxy groups -OCH3 is 3. The molecule has 28 nitrogen and oxygen atoms in total. The lowest BCUT2D eigenvalue weighted by Gasteiger charge is -2.17. The third-order valence-electron chi connectivity index (χ3n) is 16.9. The van der Waals surface area contributed by atoms with E-state index in [1.807, 2.05) is 133 Å². The van der Waals surface area contributed by atoms with Crippen molar-refractivity contribution in [2.24, 2.45) is 17.8 Å². The van der Waals surface area contributed by atoms with Crippen LogP contribution >= 0.6 is 0 Å². The monoisotopic (exact) mass is 1620 g/mol. The summed E-state index contributed by atoms with van der Waals surface area (Å²) in [5, 5.41) is 37.4. The minimum Gasteiger partial charge on any atom is -0.508 e. The molecule has 6 N–H and O–H groups in total. The number of rotatable bonds is 40. The van der Waals surface area contributed by atoms with Crippen LogP contribution in [-0.2, 0) is 76.8 Å². The van der Waals surface area contributed by atoms with Crippen molar-refractivity contribution >= 4 is 53.5 Å². The van der Waals surface area contributed by atoms with E-state index in [2.05, 4.69) is 20.8 Å². The summed E-state index contributed by atoms with van der Waals surface area (Å²) in [6.45, 7) is 14.2. The molecule has 3 amide bonds. The standard InChI is InChI=1S/C37H39NO8.C30H33NO8.C23H27NO9/c1-26(2)22-38-35(39)29-14-16-31(33(20-29)36(40)45-24-28-12-8-5-9-13-28)32-17-15-30(44-23-27-10-6-4-7-11-27)21-34(32)37(41)46-25-43-19-18-42-3;1-20(2)17-31-28(33)22-9-11-24(26(15-22)29(34)38-18-21-7-5-4-6-8-21)25-12-10-23(32)16-27(25)30(35)39-19-37-14-13-36-3;1-14(2)12-24-21(26)15-4-6-17(19(10-15)23(28)33-29)18-7-5-16(25)11-20(18)22(27)32-13-31-9-8-30-3/h4-17,20-21,26H,18-19,22-25H2,1-3H3,(H,38,39);4-12,15-16,20,32H,13-14,17-19H2,1-3H3,(H,31,33);4-7,10-11,14,25,29H,8-9,12-13H2,1-3H3,(H,24,26). The van der Waals surface area contributed by atoms with Gasteiger partial charge >= 0.3 is 35.8 Å². The number of amides is 3. The number of carbonyl (C=O) groups excluding carboxylic acids is 9. The summed E-state index contributed by atoms with van der Waals surface area (Å²) in [5.74, 6) is -5.03. The fraction of sp³-hybridized carbons (Fsp3) is 0.300. The molecule has 624 valence electrons. The fourth-order valence-electron chi connectivity index (χ4n) is 10.9. The van der Waals surface area contributed by atoms with E-state index < -0.39 is 41.7 Å². The van der Waals surface area contributed by atoms with Crippen LogP contribution in [0, 0.1) is 17.8 Å². The van der Waals surface area contributed by atoms with Gasteiger partial charge in [-0.15, -0.1) is 0 Å². The van der Waals surface area contributed by atoms with E-state index in [9.17, 15) is 53.4 Å². The van der Waals surface area contributed by atoms with Crippen LogP contribution in [0.4, 0.5) is 0 Å². The Kier molecular flexibility index (Phi) is 38.6. The molecular formula is C90H99N3O25. The van der Waals surface area contributed by atoms with Crippen molar-refractivity contribution in [3.8, 4) is 50.6 Å². The summed E-state index contributed by atoms with van der Waals surface area (Å²) in [6.07, 6.45) is 0. The highest BCUT2D eigenvalue weighted by Crippen LogP contribution is 2.36. The van der Waals surface area contributed by atoms with Crippen LogP contribution in [-0.4, -0.2) is 170 Å². The third kappa shape index (κ3) is 29.9. The summed E-state index contributed by atoms with van der Waals surface area (Å²) in [4.78, 5) is 120. The van der Waals surface area contributed by atoms with Crippen LogP contribution < -0.4 is 20.7 Å². The molecular weight excluding hydrogens is 1520 g/mol. The number of esters is 5. The maximum atomic E-state index is 13.6. The third-order valence-corrected chi connectivity index (χ3v) is 16.9. The van der Waals surface area contributed by atoms with Crippen molar-refractivity contribution in [2.75, 3.05) is 101 Å². The first-order valence-electron chi connectivity index (χ1n) is 37.7. The predicted octanol–water partition coefficient (Wildman–Crippen LogP) is 13.9. The average Bonchev–Trinajstić information content (AvgIpc) is 0.797. The maximum Gasteiger partial charge on any atom is 0.373 e. The Morgan fingerprint density at radius 1 is 0.314 bits per heavy atom. The fourth-order valence-corrected chi connectivity index (χ4v) is 10.9. The Morgan fingerprint density at radius 2 is 0.593 bits per heavy atom. The van der Waals surface area contributed by atoms with Gasteiger partial charge in [0.1, 0.15) is 37.1 Å². The molecule has 0 bridgehead atoms. The highest BCUT2D eigenvalue weighted by molar-refractivity contribution is 6.09. The van der Waals surface area contributed by atoms with Crippen LogP contribution in [0.15, 0.2) is 200 Å². The smallest absolute Gasteiger partial charge is 0.373 e. The van der Waals surface area contributed by atoms with Crippen LogP contribution in [0.25, 0.3) is 33.4 Å². The number of aromatic hydroxyl groups is 2. The summed E-state index contributed by atoms with van der Waals surface area (Å²) >= 11 is 0. The Hall–Kier alpha value is -12.7. The van der Waals surface area contributed by atoms with Gasteiger partial charge in [0.25, 0.3) is 17.7 Å². The van der Waals surface area contributed by atoms with Crippen LogP contribution in [0.3, 0.4) is 0 Å². The zero-order chi connectivity index (χ0) is 85.3. The molecule has 0 saturated heterocycles. The zero-order valence-electron chi connectivity index (χ0n) is 67.2. The molecule has 9 rings (SSSR count). The lowest BCUT2D eigenvalue weighted by Crippen LogP contribution is -2.27. The number of carbonyl (C=O) groups is 9.